The fraction of sp³-hybridized carbons (Fsp3) is 0.818. The van der Waals surface area contributed by atoms with Gasteiger partial charge in [0.05, 0.1) is 59.5 Å². The largest absolute Gasteiger partial charge is 0.493 e. The summed E-state index contributed by atoms with van der Waals surface area (Å²) < 4.78 is 66.8. The van der Waals surface area contributed by atoms with Crippen molar-refractivity contribution in [1.82, 2.24) is 0 Å². The van der Waals surface area contributed by atoms with Gasteiger partial charge < -0.3 is 42.6 Å². The Balaban J connectivity index is 2.73. The van der Waals surface area contributed by atoms with Crippen molar-refractivity contribution >= 4 is 10.9 Å². The van der Waals surface area contributed by atoms with Gasteiger partial charge in [-0.2, -0.15) is 0 Å². The normalized spacial score (nSPS) is 11.5. The minimum atomic E-state index is -1.14. The van der Waals surface area contributed by atoms with Crippen LogP contribution >= 0.6 is 0 Å². The van der Waals surface area contributed by atoms with Crippen molar-refractivity contribution in [3.63, 3.8) is 0 Å². The van der Waals surface area contributed by atoms with Gasteiger partial charge in [-0.05, 0) is 57.8 Å². The SMILES string of the molecule is CCCCCCCCCOc1cc(OCCCCCCCCC)c([S+](c2c(OCCCCCCCCC)cc(OCCCCCCCCC)cc2OCCCCCCCCC)c2c(OCCCCCCCCC)cc(OCCCCCCCCC)cc2OCCCCCCCCC)c(OCCCCCCCCC)c1. The second-order valence-corrected chi connectivity index (χ2v) is 34.1. The summed E-state index contributed by atoms with van der Waals surface area (Å²) in [6, 6.07) is 13.4. The molecule has 0 heterocycles. The van der Waals surface area contributed by atoms with Gasteiger partial charge in [-0.3, -0.25) is 0 Å². The molecule has 0 aliphatic rings. The van der Waals surface area contributed by atoms with E-state index in [0.717, 1.165) is 182 Å². The van der Waals surface area contributed by atoms with Gasteiger partial charge in [0.1, 0.15) is 28.1 Å². The summed E-state index contributed by atoms with van der Waals surface area (Å²) in [4.78, 5) is 2.89. The van der Waals surface area contributed by atoms with Crippen molar-refractivity contribution in [3.8, 4) is 51.7 Å². The number of ether oxygens (including phenoxy) is 9. The molecule has 0 aromatic heterocycles. The minimum Gasteiger partial charge on any atom is -0.493 e. The predicted molar refractivity (Wildman–Crippen MR) is 473 cm³/mol. The molecule has 0 aliphatic heterocycles. The third-order valence-corrected chi connectivity index (χ3v) is 24.1. The molecule has 3 aromatic rings. The molecule has 0 atom stereocenters. The molecule has 0 N–H and O–H groups in total. The van der Waals surface area contributed by atoms with Gasteiger partial charge in [0.15, 0.2) is 34.5 Å². The zero-order valence-electron chi connectivity index (χ0n) is 73.5. The van der Waals surface area contributed by atoms with Crippen LogP contribution in [0.15, 0.2) is 51.1 Å². The van der Waals surface area contributed by atoms with Crippen LogP contribution in [0.4, 0.5) is 0 Å². The molecule has 0 saturated carbocycles. The lowest BCUT2D eigenvalue weighted by Gasteiger charge is -2.24. The second kappa shape index (κ2) is 74.3. The number of benzene rings is 3. The third kappa shape index (κ3) is 50.9. The zero-order chi connectivity index (χ0) is 78.0. The molecule has 9 nitrogen and oxygen atoms in total. The molecule has 0 spiro atoms. The Labute approximate surface area is 678 Å². The van der Waals surface area contributed by atoms with E-state index in [1.807, 2.05) is 0 Å². The highest BCUT2D eigenvalue weighted by Gasteiger charge is 2.47. The van der Waals surface area contributed by atoms with Crippen molar-refractivity contribution in [3.05, 3.63) is 36.4 Å². The van der Waals surface area contributed by atoms with E-state index in [9.17, 15) is 0 Å². The fourth-order valence-electron chi connectivity index (χ4n) is 14.7. The van der Waals surface area contributed by atoms with E-state index in [4.69, 9.17) is 42.6 Å². The Morgan fingerprint density at radius 2 is 0.257 bits per heavy atom. The van der Waals surface area contributed by atoms with E-state index >= 15 is 0 Å². The molecule has 3 aromatic carbocycles. The fourth-order valence-corrected chi connectivity index (χ4v) is 17.2. The van der Waals surface area contributed by atoms with E-state index < -0.39 is 10.9 Å². The quantitative estimate of drug-likeness (QED) is 0.0405. The number of hydrogen-bond donors (Lipinski definition) is 0. The van der Waals surface area contributed by atoms with Gasteiger partial charge in [0, 0.05) is 36.4 Å². The first-order valence-corrected chi connectivity index (χ1v) is 49.1. The topological polar surface area (TPSA) is 83.1 Å². The first-order valence-electron chi connectivity index (χ1n) is 47.9. The van der Waals surface area contributed by atoms with E-state index in [1.165, 1.54) is 289 Å². The van der Waals surface area contributed by atoms with Gasteiger partial charge >= 0.3 is 0 Å². The number of rotatable bonds is 84. The Morgan fingerprint density at radius 1 is 0.147 bits per heavy atom. The summed E-state index contributed by atoms with van der Waals surface area (Å²) in [6.45, 7) is 26.1. The maximum atomic E-state index is 7.60. The van der Waals surface area contributed by atoms with E-state index in [-0.39, 0.29) is 0 Å². The summed E-state index contributed by atoms with van der Waals surface area (Å²) in [6.07, 6.45) is 75.6. The summed E-state index contributed by atoms with van der Waals surface area (Å²) in [5, 5.41) is 0. The summed E-state index contributed by atoms with van der Waals surface area (Å²) in [7, 11) is -1.14. The molecule has 0 unspecified atom stereocenters. The second-order valence-electron chi connectivity index (χ2n) is 32.3. The third-order valence-electron chi connectivity index (χ3n) is 21.7. The van der Waals surface area contributed by atoms with E-state index in [2.05, 4.69) is 98.7 Å². The summed E-state index contributed by atoms with van der Waals surface area (Å²) in [5.74, 6) is 7.08. The summed E-state index contributed by atoms with van der Waals surface area (Å²) >= 11 is 0. The van der Waals surface area contributed by atoms with E-state index in [0.29, 0.717) is 59.5 Å². The lowest BCUT2D eigenvalue weighted by molar-refractivity contribution is 0.261. The predicted octanol–water partition coefficient (Wildman–Crippen LogP) is 32.9. The highest BCUT2D eigenvalue weighted by atomic mass is 32.2. The molecule has 0 aliphatic carbocycles. The smallest absolute Gasteiger partial charge is 0.250 e. The van der Waals surface area contributed by atoms with Gasteiger partial charge in [0.25, 0.3) is 14.7 Å². The average Bonchev–Trinajstić information content (AvgIpc) is 0.742. The van der Waals surface area contributed by atoms with Crippen LogP contribution in [0.5, 0.6) is 51.7 Å². The summed E-state index contributed by atoms with van der Waals surface area (Å²) in [5.41, 5.74) is 0. The molecule has 0 saturated heterocycles. The molecule has 3 rings (SSSR count). The molecule has 0 amide bonds. The number of hydrogen-bond acceptors (Lipinski definition) is 9. The molecule has 0 radical (unpaired) electrons. The van der Waals surface area contributed by atoms with Crippen LogP contribution in [0.1, 0.15) is 467 Å². The van der Waals surface area contributed by atoms with Gasteiger partial charge in [-0.25, -0.2) is 0 Å². The standard InChI is InChI=1S/C99H177O9S/c1-10-19-28-37-46-55-64-73-100-88-82-91(103-76-67-58-49-40-31-22-13-4)97(92(83-88)104-77-68-59-50-41-32-23-14-5)109(98-93(105-78-69-60-51-42-33-24-15-6)84-89(101-74-65-56-47-38-29-20-11-2)85-94(98)106-79-70-61-52-43-34-25-16-7)99-95(107-80-71-62-53-44-35-26-17-8)86-90(102-75-66-57-48-39-30-21-12-3)87-96(99)108-81-72-63-54-45-36-27-18-9/h82-87H,10-81H2,1-9H3/q+1. The van der Waals surface area contributed by atoms with Crippen LogP contribution in [-0.2, 0) is 10.9 Å². The van der Waals surface area contributed by atoms with Crippen LogP contribution in [-0.4, -0.2) is 59.5 Å². The van der Waals surface area contributed by atoms with Crippen molar-refractivity contribution < 1.29 is 42.6 Å². The van der Waals surface area contributed by atoms with Crippen LogP contribution in [0.25, 0.3) is 0 Å². The van der Waals surface area contributed by atoms with Crippen LogP contribution < -0.4 is 42.6 Å². The molecule has 0 bridgehead atoms. The first kappa shape index (κ1) is 99.4. The van der Waals surface area contributed by atoms with Crippen LogP contribution in [0.2, 0.25) is 0 Å². The van der Waals surface area contributed by atoms with Crippen LogP contribution in [0, 0.1) is 0 Å². The average molecular weight is 1540 g/mol. The maximum Gasteiger partial charge on any atom is 0.250 e. The molecule has 109 heavy (non-hydrogen) atoms. The molecule has 10 heteroatoms. The Morgan fingerprint density at radius 3 is 0.385 bits per heavy atom. The molecular formula is C99H177O9S+. The highest BCUT2D eigenvalue weighted by Crippen LogP contribution is 2.56. The highest BCUT2D eigenvalue weighted by molar-refractivity contribution is 7.97. The van der Waals surface area contributed by atoms with Crippen molar-refractivity contribution in [1.29, 1.82) is 0 Å². The van der Waals surface area contributed by atoms with Crippen molar-refractivity contribution in [2.75, 3.05) is 59.5 Å². The lowest BCUT2D eigenvalue weighted by atomic mass is 10.1. The molecular weight excluding hydrogens is 1370 g/mol. The van der Waals surface area contributed by atoms with Crippen LogP contribution in [0.3, 0.4) is 0 Å². The molecule has 632 valence electrons. The minimum absolute atomic E-state index is 0.569. The van der Waals surface area contributed by atoms with Crippen molar-refractivity contribution in [2.24, 2.45) is 0 Å². The molecule has 0 fully saturated rings. The van der Waals surface area contributed by atoms with Gasteiger partial charge in [-0.1, -0.05) is 409 Å². The lowest BCUT2D eigenvalue weighted by Crippen LogP contribution is -2.18. The zero-order valence-corrected chi connectivity index (χ0v) is 74.3. The Kier molecular flexibility index (Phi) is 67.8. The van der Waals surface area contributed by atoms with Gasteiger partial charge in [-0.15, -0.1) is 0 Å². The monoisotopic (exact) mass is 1540 g/mol. The number of unbranched alkanes of at least 4 members (excludes halogenated alkanes) is 54. The first-order chi connectivity index (χ1) is 53.9. The maximum absolute atomic E-state index is 7.60. The van der Waals surface area contributed by atoms with E-state index in [1.54, 1.807) is 0 Å². The van der Waals surface area contributed by atoms with Gasteiger partial charge in [0.2, 0.25) is 0 Å². The Bertz CT molecular complexity index is 2080. The van der Waals surface area contributed by atoms with Crippen molar-refractivity contribution in [2.45, 2.75) is 482 Å². The Hall–Kier alpha value is -3.79.